The van der Waals surface area contributed by atoms with E-state index in [1.807, 2.05) is 0 Å². The Labute approximate surface area is 126 Å². The molecule has 2 rings (SSSR count). The van der Waals surface area contributed by atoms with Crippen LogP contribution in [-0.2, 0) is 16.0 Å². The van der Waals surface area contributed by atoms with Gasteiger partial charge in [0.05, 0.1) is 19.5 Å². The molecule has 1 N–H and O–H groups in total. The number of carbonyl (C=O) groups excluding carboxylic acids is 1. The number of nitrogens with one attached hydrogen (secondary N) is 1. The highest BCUT2D eigenvalue weighted by Gasteiger charge is 2.15. The van der Waals surface area contributed by atoms with E-state index in [-0.39, 0.29) is 5.76 Å². The van der Waals surface area contributed by atoms with E-state index < -0.39 is 5.97 Å². The molecular formula is C16H25NO4. The molecule has 0 unspecified atom stereocenters. The molecule has 0 atom stereocenters. The molecule has 5 nitrogen and oxygen atoms in total. The maximum Gasteiger partial charge on any atom is 0.374 e. The van der Waals surface area contributed by atoms with Crippen LogP contribution in [-0.4, -0.2) is 32.3 Å². The van der Waals surface area contributed by atoms with Crippen molar-refractivity contribution in [2.24, 2.45) is 0 Å². The Kier molecular flexibility index (Phi) is 6.76. The molecule has 0 aromatic carbocycles. The molecule has 0 radical (unpaired) electrons. The van der Waals surface area contributed by atoms with Crippen molar-refractivity contribution in [3.05, 3.63) is 23.7 Å². The minimum atomic E-state index is -0.433. The lowest BCUT2D eigenvalue weighted by Crippen LogP contribution is -2.21. The van der Waals surface area contributed by atoms with Gasteiger partial charge in [-0.15, -0.1) is 0 Å². The Bertz CT molecular complexity index is 424. The zero-order valence-electron chi connectivity index (χ0n) is 12.7. The number of furan rings is 1. The SMILES string of the molecule is COC(=O)c1occc1CNCCCOC1CCCCC1. The van der Waals surface area contributed by atoms with Crippen molar-refractivity contribution in [3.63, 3.8) is 0 Å². The Morgan fingerprint density at radius 1 is 1.38 bits per heavy atom. The maximum atomic E-state index is 11.4. The Balaban J connectivity index is 1.57. The van der Waals surface area contributed by atoms with Crippen LogP contribution in [0.5, 0.6) is 0 Å². The summed E-state index contributed by atoms with van der Waals surface area (Å²) in [5.74, 6) is -0.152. The first kappa shape index (κ1) is 16.0. The van der Waals surface area contributed by atoms with Gasteiger partial charge in [-0.05, 0) is 31.9 Å². The minimum absolute atomic E-state index is 0.281. The van der Waals surface area contributed by atoms with Gasteiger partial charge in [-0.2, -0.15) is 0 Å². The molecule has 1 aliphatic carbocycles. The topological polar surface area (TPSA) is 60.7 Å². The standard InChI is InChI=1S/C16H25NO4/c1-19-16(18)15-13(8-11-21-15)12-17-9-5-10-20-14-6-3-2-4-7-14/h8,11,14,17H,2-7,9-10,12H2,1H3. The Hall–Kier alpha value is -1.33. The lowest BCUT2D eigenvalue weighted by molar-refractivity contribution is 0.0273. The quantitative estimate of drug-likeness (QED) is 0.590. The third-order valence-electron chi connectivity index (χ3n) is 3.84. The molecule has 1 saturated carbocycles. The molecular weight excluding hydrogens is 270 g/mol. The third kappa shape index (κ3) is 5.17. The number of rotatable bonds is 8. The predicted molar refractivity (Wildman–Crippen MR) is 79.2 cm³/mol. The number of esters is 1. The predicted octanol–water partition coefficient (Wildman–Crippen LogP) is 2.90. The van der Waals surface area contributed by atoms with E-state index in [1.54, 1.807) is 6.07 Å². The summed E-state index contributed by atoms with van der Waals surface area (Å²) in [6, 6.07) is 1.79. The van der Waals surface area contributed by atoms with Crippen molar-refractivity contribution >= 4 is 5.97 Å². The molecule has 0 bridgehead atoms. The fraction of sp³-hybridized carbons (Fsp3) is 0.688. The second kappa shape index (κ2) is 8.85. The van der Waals surface area contributed by atoms with E-state index in [4.69, 9.17) is 9.15 Å². The van der Waals surface area contributed by atoms with Crippen LogP contribution >= 0.6 is 0 Å². The van der Waals surface area contributed by atoms with Crippen molar-refractivity contribution in [2.75, 3.05) is 20.3 Å². The molecule has 0 aliphatic heterocycles. The first-order chi connectivity index (χ1) is 10.3. The molecule has 5 heteroatoms. The molecule has 118 valence electrons. The second-order valence-electron chi connectivity index (χ2n) is 5.43. The lowest BCUT2D eigenvalue weighted by Gasteiger charge is -2.21. The molecule has 0 amide bonds. The van der Waals surface area contributed by atoms with Crippen LogP contribution in [0.3, 0.4) is 0 Å². The number of hydrogen-bond acceptors (Lipinski definition) is 5. The first-order valence-corrected chi connectivity index (χ1v) is 7.78. The summed E-state index contributed by atoms with van der Waals surface area (Å²) in [5.41, 5.74) is 0.829. The number of carbonyl (C=O) groups is 1. The summed E-state index contributed by atoms with van der Waals surface area (Å²) >= 11 is 0. The van der Waals surface area contributed by atoms with E-state index >= 15 is 0 Å². The van der Waals surface area contributed by atoms with Gasteiger partial charge in [0.15, 0.2) is 0 Å². The lowest BCUT2D eigenvalue weighted by atomic mass is 9.98. The van der Waals surface area contributed by atoms with Gasteiger partial charge < -0.3 is 19.2 Å². The highest BCUT2D eigenvalue weighted by molar-refractivity contribution is 5.87. The molecule has 1 aromatic rings. The first-order valence-electron chi connectivity index (χ1n) is 7.78. The third-order valence-corrected chi connectivity index (χ3v) is 3.84. The summed E-state index contributed by atoms with van der Waals surface area (Å²) in [6.45, 7) is 2.26. The van der Waals surface area contributed by atoms with E-state index in [1.165, 1.54) is 45.5 Å². The highest BCUT2D eigenvalue weighted by Crippen LogP contribution is 2.20. The Morgan fingerprint density at radius 3 is 2.95 bits per heavy atom. The van der Waals surface area contributed by atoms with Crippen molar-refractivity contribution in [3.8, 4) is 0 Å². The zero-order chi connectivity index (χ0) is 14.9. The fourth-order valence-electron chi connectivity index (χ4n) is 2.65. The van der Waals surface area contributed by atoms with Gasteiger partial charge in [-0.3, -0.25) is 0 Å². The maximum absolute atomic E-state index is 11.4. The molecule has 0 spiro atoms. The summed E-state index contributed by atoms with van der Waals surface area (Å²) in [6.07, 6.45) is 9.35. The largest absolute Gasteiger partial charge is 0.463 e. The monoisotopic (exact) mass is 295 g/mol. The molecule has 1 aromatic heterocycles. The minimum Gasteiger partial charge on any atom is -0.463 e. The van der Waals surface area contributed by atoms with E-state index in [2.05, 4.69) is 10.1 Å². The summed E-state index contributed by atoms with van der Waals surface area (Å²) < 4.78 is 15.7. The smallest absolute Gasteiger partial charge is 0.374 e. The molecule has 0 saturated heterocycles. The zero-order valence-corrected chi connectivity index (χ0v) is 12.7. The molecule has 21 heavy (non-hydrogen) atoms. The number of hydrogen-bond donors (Lipinski definition) is 1. The van der Waals surface area contributed by atoms with Gasteiger partial charge in [-0.1, -0.05) is 19.3 Å². The molecule has 1 fully saturated rings. The van der Waals surface area contributed by atoms with Crippen molar-refractivity contribution < 1.29 is 18.7 Å². The van der Waals surface area contributed by atoms with Gasteiger partial charge in [-0.25, -0.2) is 4.79 Å². The summed E-state index contributed by atoms with van der Waals surface area (Å²) in [7, 11) is 1.35. The van der Waals surface area contributed by atoms with Crippen molar-refractivity contribution in [1.29, 1.82) is 0 Å². The van der Waals surface area contributed by atoms with E-state index in [9.17, 15) is 4.79 Å². The number of ether oxygens (including phenoxy) is 2. The average molecular weight is 295 g/mol. The van der Waals surface area contributed by atoms with Gasteiger partial charge in [0.2, 0.25) is 5.76 Å². The fourth-order valence-corrected chi connectivity index (χ4v) is 2.65. The number of methoxy groups -OCH3 is 1. The van der Waals surface area contributed by atoms with Crippen LogP contribution in [0.25, 0.3) is 0 Å². The van der Waals surface area contributed by atoms with Crippen LogP contribution in [0.1, 0.15) is 54.6 Å². The van der Waals surface area contributed by atoms with Crippen LogP contribution < -0.4 is 5.32 Å². The Morgan fingerprint density at radius 2 is 2.19 bits per heavy atom. The van der Waals surface area contributed by atoms with Crippen molar-refractivity contribution in [2.45, 2.75) is 51.2 Å². The van der Waals surface area contributed by atoms with Crippen LogP contribution in [0.15, 0.2) is 16.7 Å². The second-order valence-corrected chi connectivity index (χ2v) is 5.43. The summed E-state index contributed by atoms with van der Waals surface area (Å²) in [5, 5.41) is 3.30. The van der Waals surface area contributed by atoms with Crippen molar-refractivity contribution in [1.82, 2.24) is 5.32 Å². The van der Waals surface area contributed by atoms with Crippen LogP contribution in [0.4, 0.5) is 0 Å². The van der Waals surface area contributed by atoms with Gasteiger partial charge in [0, 0.05) is 18.7 Å². The van der Waals surface area contributed by atoms with Crippen LogP contribution in [0.2, 0.25) is 0 Å². The van der Waals surface area contributed by atoms with Gasteiger partial charge in [0.25, 0.3) is 0 Å². The van der Waals surface area contributed by atoms with E-state index in [0.29, 0.717) is 12.6 Å². The van der Waals surface area contributed by atoms with Gasteiger partial charge >= 0.3 is 5.97 Å². The molecule has 1 heterocycles. The highest BCUT2D eigenvalue weighted by atomic mass is 16.5. The summed E-state index contributed by atoms with van der Waals surface area (Å²) in [4.78, 5) is 11.4. The van der Waals surface area contributed by atoms with E-state index in [0.717, 1.165) is 25.1 Å². The molecule has 1 aliphatic rings. The normalized spacial score (nSPS) is 16.0. The van der Waals surface area contributed by atoms with Crippen LogP contribution in [0, 0.1) is 0 Å². The average Bonchev–Trinajstić information content (AvgIpc) is 2.99. The van der Waals surface area contributed by atoms with Gasteiger partial charge in [0.1, 0.15) is 0 Å².